The molecular weight excluding hydrogens is 208 g/mol. The molecule has 76 valence electrons. The van der Waals surface area contributed by atoms with Crippen LogP contribution in [0, 0.1) is 0 Å². The molecule has 0 aromatic heterocycles. The van der Waals surface area contributed by atoms with Gasteiger partial charge in [0.15, 0.2) is 15.6 Å². The monoisotopic (exact) mass is 216 g/mol. The average molecular weight is 216 g/mol. The Labute approximate surface area is 80.2 Å². The third-order valence-corrected chi connectivity index (χ3v) is 2.69. The first-order valence-electron chi connectivity index (χ1n) is 3.59. The van der Waals surface area contributed by atoms with Crippen LogP contribution < -0.4 is 5.43 Å². The highest BCUT2D eigenvalue weighted by atomic mass is 32.2. The maximum atomic E-state index is 11.0. The molecule has 0 amide bonds. The van der Waals surface area contributed by atoms with Gasteiger partial charge in [-0.05, 0) is 12.1 Å². The Morgan fingerprint density at radius 1 is 1.21 bits per heavy atom. The molecule has 1 aromatic rings. The lowest BCUT2D eigenvalue weighted by Crippen LogP contribution is -2.00. The van der Waals surface area contributed by atoms with E-state index in [0.717, 1.165) is 24.5 Å². The molecule has 0 atom stereocenters. The third kappa shape index (κ3) is 2.02. The van der Waals surface area contributed by atoms with E-state index in [0.29, 0.717) is 0 Å². The van der Waals surface area contributed by atoms with E-state index in [4.69, 9.17) is 10.2 Å². The minimum atomic E-state index is -3.52. The highest BCUT2D eigenvalue weighted by Gasteiger charge is 2.09. The predicted octanol–water partition coefficient (Wildman–Crippen LogP) is -0.138. The summed E-state index contributed by atoms with van der Waals surface area (Å²) in [4.78, 5) is 10.8. The van der Waals surface area contributed by atoms with Gasteiger partial charge in [0.1, 0.15) is 0 Å². The molecule has 0 fully saturated rings. The lowest BCUT2D eigenvalue weighted by Gasteiger charge is -1.89. The highest BCUT2D eigenvalue weighted by Crippen LogP contribution is 2.19. The van der Waals surface area contributed by atoms with Gasteiger partial charge in [0.25, 0.3) is 0 Å². The summed E-state index contributed by atoms with van der Waals surface area (Å²) in [6.45, 7) is 0. The average Bonchev–Trinajstić information content (AvgIpc) is 2.17. The molecule has 6 heteroatoms. The molecular formula is C8H8O5S. The van der Waals surface area contributed by atoms with Crippen molar-refractivity contribution in [1.29, 1.82) is 0 Å². The van der Waals surface area contributed by atoms with Crippen molar-refractivity contribution in [3.05, 3.63) is 28.4 Å². The van der Waals surface area contributed by atoms with E-state index in [9.17, 15) is 13.2 Å². The standard InChI is InChI=1S/C8H8O5S/c1-14(12,13)5-2-3-6(9)8(11)7(10)4-5/h2-4H,1H3,(H2,9,10,11). The quantitative estimate of drug-likeness (QED) is 0.681. The second-order valence-corrected chi connectivity index (χ2v) is 4.77. The van der Waals surface area contributed by atoms with Crippen molar-refractivity contribution in [3.8, 4) is 11.5 Å². The first-order chi connectivity index (χ1) is 6.32. The normalized spacial score (nSPS) is 11.2. The van der Waals surface area contributed by atoms with Crippen LogP contribution in [0.4, 0.5) is 0 Å². The van der Waals surface area contributed by atoms with E-state index in [2.05, 4.69) is 0 Å². The van der Waals surface area contributed by atoms with E-state index in [-0.39, 0.29) is 4.90 Å². The van der Waals surface area contributed by atoms with Crippen molar-refractivity contribution in [3.63, 3.8) is 0 Å². The van der Waals surface area contributed by atoms with Crippen LogP contribution >= 0.6 is 0 Å². The van der Waals surface area contributed by atoms with Gasteiger partial charge < -0.3 is 10.2 Å². The van der Waals surface area contributed by atoms with Crippen LogP contribution in [0.3, 0.4) is 0 Å². The predicted molar refractivity (Wildman–Crippen MR) is 49.2 cm³/mol. The van der Waals surface area contributed by atoms with E-state index < -0.39 is 26.8 Å². The summed E-state index contributed by atoms with van der Waals surface area (Å²) in [6, 6.07) is 2.75. The SMILES string of the molecule is CS(=O)(=O)c1ccc(O)c(O)c(=O)c1. The van der Waals surface area contributed by atoms with E-state index in [1.165, 1.54) is 0 Å². The Morgan fingerprint density at radius 2 is 1.79 bits per heavy atom. The molecule has 14 heavy (non-hydrogen) atoms. The summed E-state index contributed by atoms with van der Waals surface area (Å²) in [5, 5.41) is 18.0. The molecule has 0 aliphatic rings. The van der Waals surface area contributed by atoms with Crippen molar-refractivity contribution in [2.75, 3.05) is 6.26 Å². The maximum Gasteiger partial charge on any atom is 0.225 e. The Balaban J connectivity index is 3.66. The number of hydrogen-bond donors (Lipinski definition) is 2. The number of aromatic hydroxyl groups is 2. The summed E-state index contributed by atoms with van der Waals surface area (Å²) in [5.74, 6) is -1.51. The fourth-order valence-corrected chi connectivity index (χ4v) is 1.48. The second kappa shape index (κ2) is 3.30. The fraction of sp³-hybridized carbons (Fsp3) is 0.125. The van der Waals surface area contributed by atoms with Crippen molar-refractivity contribution >= 4 is 9.84 Å². The van der Waals surface area contributed by atoms with Crippen LogP contribution in [0.25, 0.3) is 0 Å². The Bertz CT molecular complexity index is 518. The van der Waals surface area contributed by atoms with Crippen LogP contribution in [0.5, 0.6) is 11.5 Å². The third-order valence-electron chi connectivity index (χ3n) is 1.58. The van der Waals surface area contributed by atoms with Crippen LogP contribution in [-0.2, 0) is 9.84 Å². The molecule has 0 radical (unpaired) electrons. The van der Waals surface area contributed by atoms with Gasteiger partial charge in [-0.15, -0.1) is 0 Å². The molecule has 0 heterocycles. The number of hydrogen-bond acceptors (Lipinski definition) is 5. The van der Waals surface area contributed by atoms with Gasteiger partial charge in [-0.25, -0.2) is 8.42 Å². The second-order valence-electron chi connectivity index (χ2n) is 2.75. The molecule has 0 aliphatic carbocycles. The molecule has 2 N–H and O–H groups in total. The zero-order valence-corrected chi connectivity index (χ0v) is 8.08. The molecule has 0 bridgehead atoms. The molecule has 0 unspecified atom stereocenters. The van der Waals surface area contributed by atoms with E-state index >= 15 is 0 Å². The van der Waals surface area contributed by atoms with Crippen molar-refractivity contribution < 1.29 is 18.6 Å². The largest absolute Gasteiger partial charge is 0.504 e. The van der Waals surface area contributed by atoms with E-state index in [1.54, 1.807) is 0 Å². The van der Waals surface area contributed by atoms with Crippen LogP contribution in [-0.4, -0.2) is 24.9 Å². The van der Waals surface area contributed by atoms with Crippen molar-refractivity contribution in [1.82, 2.24) is 0 Å². The van der Waals surface area contributed by atoms with Gasteiger partial charge >= 0.3 is 0 Å². The van der Waals surface area contributed by atoms with Gasteiger partial charge in [-0.3, -0.25) is 4.79 Å². The Kier molecular flexibility index (Phi) is 2.48. The Morgan fingerprint density at radius 3 is 2.29 bits per heavy atom. The van der Waals surface area contributed by atoms with Gasteiger partial charge in [-0.2, -0.15) is 0 Å². The molecule has 0 spiro atoms. The van der Waals surface area contributed by atoms with Gasteiger partial charge in [0, 0.05) is 12.3 Å². The topological polar surface area (TPSA) is 91.7 Å². The summed E-state index contributed by atoms with van der Waals surface area (Å²) in [7, 11) is -3.52. The first kappa shape index (κ1) is 10.5. The van der Waals surface area contributed by atoms with Gasteiger partial charge in [0.2, 0.25) is 11.2 Å². The van der Waals surface area contributed by atoms with Crippen molar-refractivity contribution in [2.24, 2.45) is 0 Å². The van der Waals surface area contributed by atoms with Crippen LogP contribution in [0.15, 0.2) is 27.9 Å². The summed E-state index contributed by atoms with van der Waals surface area (Å²) in [5.41, 5.74) is -0.937. The van der Waals surface area contributed by atoms with Crippen molar-refractivity contribution in [2.45, 2.75) is 4.90 Å². The first-order valence-corrected chi connectivity index (χ1v) is 5.48. The fourth-order valence-electron chi connectivity index (χ4n) is 0.843. The lowest BCUT2D eigenvalue weighted by atomic mass is 10.4. The molecule has 0 saturated carbocycles. The minimum absolute atomic E-state index is 0.252. The zero-order valence-electron chi connectivity index (χ0n) is 7.26. The highest BCUT2D eigenvalue weighted by molar-refractivity contribution is 7.90. The maximum absolute atomic E-state index is 11.0. The van der Waals surface area contributed by atoms with E-state index in [1.807, 2.05) is 0 Å². The van der Waals surface area contributed by atoms with Crippen LogP contribution in [0.1, 0.15) is 0 Å². The summed E-state index contributed by atoms with van der Waals surface area (Å²) >= 11 is 0. The van der Waals surface area contributed by atoms with Gasteiger partial charge in [0.05, 0.1) is 4.90 Å². The molecule has 0 aliphatic heterocycles. The zero-order chi connectivity index (χ0) is 10.9. The minimum Gasteiger partial charge on any atom is -0.504 e. The summed E-state index contributed by atoms with van der Waals surface area (Å²) < 4.78 is 22.1. The Hall–Kier alpha value is -1.56. The van der Waals surface area contributed by atoms with Crippen LogP contribution in [0.2, 0.25) is 0 Å². The molecule has 1 rings (SSSR count). The molecule has 5 nitrogen and oxygen atoms in total. The number of rotatable bonds is 1. The number of sulfone groups is 1. The van der Waals surface area contributed by atoms with Gasteiger partial charge in [-0.1, -0.05) is 0 Å². The summed E-state index contributed by atoms with van der Waals surface area (Å²) in [6.07, 6.45) is 0.926. The smallest absolute Gasteiger partial charge is 0.225 e. The lowest BCUT2D eigenvalue weighted by molar-refractivity contribution is 0.402. The molecule has 1 aromatic carbocycles. The molecule has 0 saturated heterocycles.